The number of fused-ring (bicyclic) bond motifs is 3. The zero-order valence-electron chi connectivity index (χ0n) is 12.9. The van der Waals surface area contributed by atoms with Crippen LogP contribution in [0, 0.1) is 11.8 Å². The minimum absolute atomic E-state index is 0. The summed E-state index contributed by atoms with van der Waals surface area (Å²) in [5.74, 6) is 1.37. The SMILES string of the molecule is CC1CCN(C(=O)O[C@H]2CN3CCC2CC3)CC1.[B-].[K+]. The van der Waals surface area contributed by atoms with E-state index in [2.05, 4.69) is 11.8 Å². The van der Waals surface area contributed by atoms with Gasteiger partial charge in [0.1, 0.15) is 6.10 Å². The third kappa shape index (κ3) is 4.46. The van der Waals surface area contributed by atoms with Gasteiger partial charge in [0.25, 0.3) is 0 Å². The molecule has 0 unspecified atom stereocenters. The maximum absolute atomic E-state index is 12.1. The second-order valence-corrected chi connectivity index (χ2v) is 6.23. The molecule has 6 heteroatoms. The minimum atomic E-state index is -0.0688. The summed E-state index contributed by atoms with van der Waals surface area (Å²) < 4.78 is 5.75. The quantitative estimate of drug-likeness (QED) is 0.557. The van der Waals surface area contributed by atoms with Crippen LogP contribution in [0.1, 0.15) is 32.6 Å². The Hall–Kier alpha value is 0.931. The molecule has 0 aromatic carbocycles. The third-order valence-corrected chi connectivity index (χ3v) is 4.89. The van der Waals surface area contributed by atoms with E-state index in [0.29, 0.717) is 5.92 Å². The normalized spacial score (nSPS) is 33.0. The van der Waals surface area contributed by atoms with Gasteiger partial charge < -0.3 is 18.0 Å². The van der Waals surface area contributed by atoms with Gasteiger partial charge in [0.05, 0.1) is 0 Å². The van der Waals surface area contributed by atoms with Gasteiger partial charge in [-0.25, -0.2) is 4.79 Å². The van der Waals surface area contributed by atoms with Crippen molar-refractivity contribution in [2.24, 2.45) is 11.8 Å². The zero-order valence-corrected chi connectivity index (χ0v) is 16.0. The molecule has 4 heterocycles. The van der Waals surface area contributed by atoms with Crippen molar-refractivity contribution in [2.75, 3.05) is 32.7 Å². The molecule has 4 nitrogen and oxygen atoms in total. The number of carbonyl (C=O) groups excluding carboxylic acids is 1. The first-order valence-corrected chi connectivity index (χ1v) is 7.40. The molecular weight excluding hydrogens is 278 g/mol. The van der Waals surface area contributed by atoms with Gasteiger partial charge in [-0.05, 0) is 50.6 Å². The van der Waals surface area contributed by atoms with E-state index in [4.69, 9.17) is 4.74 Å². The first-order chi connectivity index (χ1) is 8.72. The smallest absolute Gasteiger partial charge is 1.00 e. The number of nitrogens with zero attached hydrogens (tertiary/aromatic N) is 2. The number of ether oxygens (including phenoxy) is 1. The van der Waals surface area contributed by atoms with E-state index in [9.17, 15) is 4.79 Å². The Kier molecular flexibility index (Phi) is 8.10. The second-order valence-electron chi connectivity index (χ2n) is 6.23. The van der Waals surface area contributed by atoms with Crippen molar-refractivity contribution in [1.29, 1.82) is 0 Å². The molecular formula is C14H24BKN2O2. The van der Waals surface area contributed by atoms with Crippen molar-refractivity contribution in [3.05, 3.63) is 0 Å². The van der Waals surface area contributed by atoms with Crippen molar-refractivity contribution >= 4 is 14.5 Å². The summed E-state index contributed by atoms with van der Waals surface area (Å²) in [6.07, 6.45) is 4.73. The summed E-state index contributed by atoms with van der Waals surface area (Å²) in [6.45, 7) is 7.36. The Bertz CT molecular complexity index is 316. The van der Waals surface area contributed by atoms with Gasteiger partial charge in [-0.2, -0.15) is 0 Å². The average Bonchev–Trinajstić information content (AvgIpc) is 2.41. The molecule has 0 N–H and O–H groups in total. The average molecular weight is 302 g/mol. The van der Waals surface area contributed by atoms with Crippen LogP contribution in [-0.4, -0.2) is 63.1 Å². The molecule has 1 amide bonds. The van der Waals surface area contributed by atoms with Crippen LogP contribution < -0.4 is 51.4 Å². The Labute approximate surface area is 167 Å². The monoisotopic (exact) mass is 302 g/mol. The summed E-state index contributed by atoms with van der Waals surface area (Å²) in [6, 6.07) is 0. The molecule has 2 bridgehead atoms. The third-order valence-electron chi connectivity index (χ3n) is 4.89. The maximum atomic E-state index is 12.1. The van der Waals surface area contributed by atoms with Crippen LogP contribution in [0.5, 0.6) is 0 Å². The summed E-state index contributed by atoms with van der Waals surface area (Å²) in [5, 5.41) is 0. The summed E-state index contributed by atoms with van der Waals surface area (Å²) in [4.78, 5) is 16.5. The molecule has 0 aromatic rings. The Morgan fingerprint density at radius 1 is 1.05 bits per heavy atom. The number of carbonyl (C=O) groups is 1. The topological polar surface area (TPSA) is 32.8 Å². The maximum Gasteiger partial charge on any atom is 1.00 e. The fourth-order valence-electron chi connectivity index (χ4n) is 3.44. The van der Waals surface area contributed by atoms with Gasteiger partial charge in [0.2, 0.25) is 0 Å². The molecule has 20 heavy (non-hydrogen) atoms. The number of hydrogen-bond acceptors (Lipinski definition) is 3. The fourth-order valence-corrected chi connectivity index (χ4v) is 3.44. The van der Waals surface area contributed by atoms with Crippen molar-refractivity contribution in [3.8, 4) is 0 Å². The number of piperidine rings is 4. The zero-order chi connectivity index (χ0) is 12.5. The molecule has 1 atom stereocenters. The first kappa shape index (κ1) is 19.0. The van der Waals surface area contributed by atoms with Gasteiger partial charge in [0, 0.05) is 19.6 Å². The van der Waals surface area contributed by atoms with E-state index in [1.54, 1.807) is 0 Å². The molecule has 4 rings (SSSR count). The summed E-state index contributed by atoms with van der Waals surface area (Å²) in [5.41, 5.74) is 0. The number of rotatable bonds is 1. The van der Waals surface area contributed by atoms with Crippen LogP contribution >= 0.6 is 0 Å². The molecule has 0 saturated carbocycles. The van der Waals surface area contributed by atoms with Gasteiger partial charge in [-0.15, -0.1) is 0 Å². The second kappa shape index (κ2) is 8.53. The van der Waals surface area contributed by atoms with Gasteiger partial charge in [-0.1, -0.05) is 6.92 Å². The van der Waals surface area contributed by atoms with Crippen LogP contribution in [0.3, 0.4) is 0 Å². The van der Waals surface area contributed by atoms with E-state index >= 15 is 0 Å². The molecule has 0 spiro atoms. The van der Waals surface area contributed by atoms with Crippen molar-refractivity contribution in [3.63, 3.8) is 0 Å². The number of hydrogen-bond donors (Lipinski definition) is 0. The van der Waals surface area contributed by atoms with E-state index in [1.165, 1.54) is 25.9 Å². The van der Waals surface area contributed by atoms with E-state index in [0.717, 1.165) is 38.4 Å². The Morgan fingerprint density at radius 3 is 2.15 bits per heavy atom. The minimum Gasteiger partial charge on any atom is -1.00 e. The van der Waals surface area contributed by atoms with Gasteiger partial charge in [-0.3, -0.25) is 4.90 Å². The molecule has 4 fully saturated rings. The van der Waals surface area contributed by atoms with Gasteiger partial charge >= 0.3 is 57.5 Å². The van der Waals surface area contributed by atoms with Crippen molar-refractivity contribution in [1.82, 2.24) is 9.80 Å². The molecule has 4 aliphatic heterocycles. The Morgan fingerprint density at radius 2 is 1.65 bits per heavy atom. The molecule has 4 aliphatic rings. The van der Waals surface area contributed by atoms with E-state index in [1.807, 2.05) is 4.90 Å². The molecule has 4 radical (unpaired) electrons. The standard InChI is InChI=1S/C14H24N2O2.B.K/c1-11-2-8-16(9-3-11)14(17)18-13-10-15-6-4-12(13)5-7-15;;/h11-13H,2-10H2,1H3;;/q;-1;+1/t13-;;/m0../s1. The molecule has 106 valence electrons. The number of amides is 1. The summed E-state index contributed by atoms with van der Waals surface area (Å²) >= 11 is 0. The van der Waals surface area contributed by atoms with Crippen LogP contribution in [0.25, 0.3) is 0 Å². The van der Waals surface area contributed by atoms with E-state index < -0.39 is 0 Å². The summed E-state index contributed by atoms with van der Waals surface area (Å²) in [7, 11) is 0. The van der Waals surface area contributed by atoms with Crippen molar-refractivity contribution < 1.29 is 60.9 Å². The molecule has 0 aromatic heterocycles. The predicted octanol–water partition coefficient (Wildman–Crippen LogP) is -1.43. The van der Waals surface area contributed by atoms with E-state index in [-0.39, 0.29) is 72.0 Å². The van der Waals surface area contributed by atoms with Crippen LogP contribution in [0.4, 0.5) is 4.79 Å². The predicted molar refractivity (Wildman–Crippen MR) is 75.2 cm³/mol. The first-order valence-electron chi connectivity index (χ1n) is 7.40. The number of likely N-dealkylation sites (tertiary alicyclic amines) is 1. The van der Waals surface area contributed by atoms with Crippen LogP contribution in [0.2, 0.25) is 0 Å². The molecule has 4 saturated heterocycles. The largest absolute Gasteiger partial charge is 1.00 e. The fraction of sp³-hybridized carbons (Fsp3) is 0.929. The van der Waals surface area contributed by atoms with Gasteiger partial charge in [0.15, 0.2) is 0 Å². The van der Waals surface area contributed by atoms with Crippen LogP contribution in [0.15, 0.2) is 0 Å². The van der Waals surface area contributed by atoms with Crippen LogP contribution in [-0.2, 0) is 4.74 Å². The van der Waals surface area contributed by atoms with Crippen molar-refractivity contribution in [2.45, 2.75) is 38.7 Å². The molecule has 0 aliphatic carbocycles. The Balaban J connectivity index is 0.000001000.